The maximum absolute atomic E-state index is 13.2. The first-order valence-electron chi connectivity index (χ1n) is 10.8. The fourth-order valence-corrected chi connectivity index (χ4v) is 6.13. The average Bonchev–Trinajstić information content (AvgIpc) is 2.67. The summed E-state index contributed by atoms with van der Waals surface area (Å²) in [7, 11) is 0. The lowest BCUT2D eigenvalue weighted by Gasteiger charge is -2.56. The molecule has 29 heavy (non-hydrogen) atoms. The highest BCUT2D eigenvalue weighted by Gasteiger charge is 2.55. The summed E-state index contributed by atoms with van der Waals surface area (Å²) in [6.45, 7) is 1.87. The number of benzene rings is 1. The van der Waals surface area contributed by atoms with E-state index in [9.17, 15) is 14.4 Å². The summed E-state index contributed by atoms with van der Waals surface area (Å²) < 4.78 is 5.44. The predicted molar refractivity (Wildman–Crippen MR) is 109 cm³/mol. The third-order valence-electron chi connectivity index (χ3n) is 6.88. The van der Waals surface area contributed by atoms with Crippen LogP contribution in [-0.2, 0) is 14.3 Å². The third-order valence-corrected chi connectivity index (χ3v) is 6.88. The molecule has 1 aromatic rings. The van der Waals surface area contributed by atoms with Crippen molar-refractivity contribution in [1.29, 1.82) is 0 Å². The number of amides is 2. The molecule has 0 spiro atoms. The number of nitrogens with one attached hydrogen (secondary N) is 2. The van der Waals surface area contributed by atoms with Gasteiger partial charge in [-0.05, 0) is 75.3 Å². The number of esters is 1. The molecule has 0 saturated heterocycles. The Morgan fingerprint density at radius 1 is 1.03 bits per heavy atom. The van der Waals surface area contributed by atoms with Crippen LogP contribution in [0, 0.1) is 23.2 Å². The summed E-state index contributed by atoms with van der Waals surface area (Å²) in [5.41, 5.74) is 0.421. The molecule has 0 radical (unpaired) electrons. The summed E-state index contributed by atoms with van der Waals surface area (Å²) >= 11 is 0. The first-order valence-corrected chi connectivity index (χ1v) is 10.8. The standard InChI is InChI=1S/C23H30N2O4/c1-15(21(27)23-12-16-9-17(13-23)11-18(10-16)14-23)29-20(26)7-8-24-22(28)25-19-5-3-2-4-6-19/h2-6,15-18H,7-14H2,1H3,(H2,24,25,28)/t15-,16?,17?,18?,23?/m0/s1. The fourth-order valence-electron chi connectivity index (χ4n) is 6.13. The maximum atomic E-state index is 13.2. The first-order chi connectivity index (χ1) is 13.9. The number of ether oxygens (including phenoxy) is 1. The van der Waals surface area contributed by atoms with Gasteiger partial charge in [-0.1, -0.05) is 18.2 Å². The van der Waals surface area contributed by atoms with Gasteiger partial charge in [0.2, 0.25) is 0 Å². The van der Waals surface area contributed by atoms with E-state index in [1.54, 1.807) is 19.1 Å². The Hall–Kier alpha value is -2.37. The molecule has 156 valence electrons. The van der Waals surface area contributed by atoms with Gasteiger partial charge in [0.25, 0.3) is 0 Å². The maximum Gasteiger partial charge on any atom is 0.319 e. The second-order valence-corrected chi connectivity index (χ2v) is 9.19. The lowest BCUT2D eigenvalue weighted by atomic mass is 9.48. The molecule has 4 fully saturated rings. The van der Waals surface area contributed by atoms with Crippen LogP contribution in [0.15, 0.2) is 30.3 Å². The summed E-state index contributed by atoms with van der Waals surface area (Å²) in [5.74, 6) is 1.71. The van der Waals surface area contributed by atoms with Crippen molar-refractivity contribution in [2.75, 3.05) is 11.9 Å². The fraction of sp³-hybridized carbons (Fsp3) is 0.609. The van der Waals surface area contributed by atoms with Crippen LogP contribution >= 0.6 is 0 Å². The molecule has 1 atom stereocenters. The largest absolute Gasteiger partial charge is 0.455 e. The molecule has 1 aromatic carbocycles. The second-order valence-electron chi connectivity index (χ2n) is 9.19. The number of para-hydroxylation sites is 1. The molecule has 2 N–H and O–H groups in total. The van der Waals surface area contributed by atoms with Gasteiger partial charge in [0.15, 0.2) is 11.9 Å². The highest BCUT2D eigenvalue weighted by atomic mass is 16.5. The number of carbonyl (C=O) groups excluding carboxylic acids is 3. The molecule has 6 nitrogen and oxygen atoms in total. The van der Waals surface area contributed by atoms with Gasteiger partial charge >= 0.3 is 12.0 Å². The van der Waals surface area contributed by atoms with Gasteiger partial charge in [0, 0.05) is 17.6 Å². The van der Waals surface area contributed by atoms with Crippen LogP contribution in [0.1, 0.15) is 51.9 Å². The lowest BCUT2D eigenvalue weighted by Crippen LogP contribution is -2.52. The van der Waals surface area contributed by atoms with Crippen LogP contribution in [0.25, 0.3) is 0 Å². The molecule has 4 saturated carbocycles. The minimum Gasteiger partial charge on any atom is -0.455 e. The minimum absolute atomic E-state index is 0.0424. The molecule has 6 heteroatoms. The van der Waals surface area contributed by atoms with E-state index in [0.717, 1.165) is 19.3 Å². The quantitative estimate of drug-likeness (QED) is 0.682. The van der Waals surface area contributed by atoms with Crippen LogP contribution in [0.4, 0.5) is 10.5 Å². The van der Waals surface area contributed by atoms with Crippen LogP contribution < -0.4 is 10.6 Å². The van der Waals surface area contributed by atoms with Crippen molar-refractivity contribution in [2.45, 2.75) is 58.0 Å². The minimum atomic E-state index is -0.711. The van der Waals surface area contributed by atoms with Gasteiger partial charge in [0.05, 0.1) is 6.42 Å². The van der Waals surface area contributed by atoms with Crippen molar-refractivity contribution in [3.8, 4) is 0 Å². The summed E-state index contributed by atoms with van der Waals surface area (Å²) in [6.07, 6.45) is 6.08. The highest BCUT2D eigenvalue weighted by molar-refractivity contribution is 5.91. The van der Waals surface area contributed by atoms with Crippen molar-refractivity contribution < 1.29 is 19.1 Å². The van der Waals surface area contributed by atoms with E-state index < -0.39 is 12.1 Å². The number of urea groups is 1. The molecule has 4 aliphatic carbocycles. The van der Waals surface area contributed by atoms with E-state index >= 15 is 0 Å². The Labute approximate surface area is 171 Å². The molecule has 4 aliphatic rings. The number of hydrogen-bond donors (Lipinski definition) is 2. The van der Waals surface area contributed by atoms with E-state index in [1.807, 2.05) is 18.2 Å². The average molecular weight is 399 g/mol. The van der Waals surface area contributed by atoms with Gasteiger partial charge in [0.1, 0.15) is 0 Å². The van der Waals surface area contributed by atoms with Gasteiger partial charge in [-0.15, -0.1) is 0 Å². The molecule has 0 heterocycles. The van der Waals surface area contributed by atoms with Crippen molar-refractivity contribution in [2.24, 2.45) is 23.2 Å². The van der Waals surface area contributed by atoms with Gasteiger partial charge < -0.3 is 15.4 Å². The van der Waals surface area contributed by atoms with E-state index in [-0.39, 0.29) is 30.2 Å². The number of rotatable bonds is 7. The smallest absolute Gasteiger partial charge is 0.319 e. The van der Waals surface area contributed by atoms with E-state index in [1.165, 1.54) is 19.3 Å². The molecule has 0 aliphatic heterocycles. The monoisotopic (exact) mass is 398 g/mol. The van der Waals surface area contributed by atoms with Crippen molar-refractivity contribution >= 4 is 23.5 Å². The molecular formula is C23H30N2O4. The number of anilines is 1. The zero-order valence-electron chi connectivity index (χ0n) is 17.0. The molecule has 4 bridgehead atoms. The van der Waals surface area contributed by atoms with Gasteiger partial charge in [-0.2, -0.15) is 0 Å². The molecule has 0 aromatic heterocycles. The summed E-state index contributed by atoms with van der Waals surface area (Å²) in [4.78, 5) is 37.2. The molecule has 2 amide bonds. The Balaban J connectivity index is 1.21. The number of ketones is 1. The van der Waals surface area contributed by atoms with E-state index in [4.69, 9.17) is 4.74 Å². The van der Waals surface area contributed by atoms with Crippen molar-refractivity contribution in [3.05, 3.63) is 30.3 Å². The van der Waals surface area contributed by atoms with E-state index in [2.05, 4.69) is 10.6 Å². The van der Waals surface area contributed by atoms with Gasteiger partial charge in [-0.25, -0.2) is 4.79 Å². The number of hydrogen-bond acceptors (Lipinski definition) is 4. The van der Waals surface area contributed by atoms with Crippen molar-refractivity contribution in [1.82, 2.24) is 5.32 Å². The normalized spacial score (nSPS) is 30.4. The van der Waals surface area contributed by atoms with Crippen LogP contribution in [0.2, 0.25) is 0 Å². The SMILES string of the molecule is C[C@H](OC(=O)CCNC(=O)Nc1ccccc1)C(=O)C12CC3CC(CC(C3)C1)C2. The van der Waals surface area contributed by atoms with Crippen molar-refractivity contribution in [3.63, 3.8) is 0 Å². The summed E-state index contributed by atoms with van der Waals surface area (Å²) in [6, 6.07) is 8.72. The molecule has 5 rings (SSSR count). The Bertz CT molecular complexity index is 741. The lowest BCUT2D eigenvalue weighted by molar-refractivity contribution is -0.164. The Morgan fingerprint density at radius 2 is 1.62 bits per heavy atom. The third kappa shape index (κ3) is 4.46. The summed E-state index contributed by atoms with van der Waals surface area (Å²) in [5, 5.41) is 5.33. The molecular weight excluding hydrogens is 368 g/mol. The Morgan fingerprint density at radius 3 is 2.21 bits per heavy atom. The van der Waals surface area contributed by atoms with E-state index in [0.29, 0.717) is 23.4 Å². The zero-order valence-corrected chi connectivity index (χ0v) is 17.0. The van der Waals surface area contributed by atoms with Crippen LogP contribution in [0.5, 0.6) is 0 Å². The first kappa shape index (κ1) is 19.9. The zero-order chi connectivity index (χ0) is 20.4. The number of Topliss-reactive ketones (excluding diaryl/α,β-unsaturated/α-hetero) is 1. The molecule has 0 unspecified atom stereocenters. The highest BCUT2D eigenvalue weighted by Crippen LogP contribution is 2.60. The second kappa shape index (κ2) is 8.17. The number of carbonyl (C=O) groups is 3. The Kier molecular flexibility index (Phi) is 5.61. The topological polar surface area (TPSA) is 84.5 Å². The van der Waals surface area contributed by atoms with Gasteiger partial charge in [-0.3, -0.25) is 9.59 Å². The van der Waals surface area contributed by atoms with Crippen LogP contribution in [0.3, 0.4) is 0 Å². The van der Waals surface area contributed by atoms with Crippen LogP contribution in [-0.4, -0.2) is 30.4 Å². The predicted octanol–water partition coefficient (Wildman–Crippen LogP) is 3.92.